The summed E-state index contributed by atoms with van der Waals surface area (Å²) in [5.41, 5.74) is 0.823. The van der Waals surface area contributed by atoms with Crippen molar-refractivity contribution in [3.8, 4) is 0 Å². The molecular weight excluding hydrogens is 536 g/mol. The highest BCUT2D eigenvalue weighted by Crippen LogP contribution is 2.33. The Kier molecular flexibility index (Phi) is 7.31. The number of nitrogens with one attached hydrogen (secondary N) is 2. The van der Waals surface area contributed by atoms with Gasteiger partial charge in [-0.1, -0.05) is 56.5 Å². The number of hydrogen-bond acceptors (Lipinski definition) is 3. The van der Waals surface area contributed by atoms with E-state index in [1.807, 2.05) is 52.9 Å². The van der Waals surface area contributed by atoms with Gasteiger partial charge in [-0.15, -0.1) is 0 Å². The summed E-state index contributed by atoms with van der Waals surface area (Å²) >= 11 is 1.99. The van der Waals surface area contributed by atoms with E-state index in [-0.39, 0.29) is 17.5 Å². The van der Waals surface area contributed by atoms with Crippen LogP contribution in [0.5, 0.6) is 0 Å². The number of rotatable bonds is 6. The predicted octanol–water partition coefficient (Wildman–Crippen LogP) is 5.04. The van der Waals surface area contributed by atoms with Gasteiger partial charge in [-0.25, -0.2) is 14.1 Å². The van der Waals surface area contributed by atoms with E-state index in [9.17, 15) is 18.8 Å². The van der Waals surface area contributed by atoms with Crippen LogP contribution in [0.25, 0.3) is 0 Å². The molecule has 1 saturated carbocycles. The minimum absolute atomic E-state index is 0.0153. The summed E-state index contributed by atoms with van der Waals surface area (Å²) in [5.74, 6) is -1.96. The first-order valence-corrected chi connectivity index (χ1v) is 12.4. The number of imide groups is 1. The number of benzene rings is 2. The van der Waals surface area contributed by atoms with Crippen LogP contribution in [0, 0.1) is 15.3 Å². The van der Waals surface area contributed by atoms with E-state index in [1.54, 1.807) is 13.0 Å². The molecule has 33 heavy (non-hydrogen) atoms. The molecule has 2 aromatic carbocycles. The fourth-order valence-corrected chi connectivity index (χ4v) is 5.32. The van der Waals surface area contributed by atoms with Gasteiger partial charge in [0.2, 0.25) is 5.91 Å². The molecule has 1 unspecified atom stereocenters. The van der Waals surface area contributed by atoms with Crippen LogP contribution in [0.2, 0.25) is 0 Å². The fourth-order valence-electron chi connectivity index (χ4n) is 4.87. The molecule has 8 heteroatoms. The van der Waals surface area contributed by atoms with Crippen LogP contribution < -0.4 is 10.6 Å². The molecular formula is C25H27FIN3O3. The van der Waals surface area contributed by atoms with Gasteiger partial charge in [-0.2, -0.15) is 0 Å². The Balaban J connectivity index is 1.65. The molecule has 0 radical (unpaired) electrons. The monoisotopic (exact) mass is 563 g/mol. The zero-order valence-electron chi connectivity index (χ0n) is 18.4. The number of halogens is 2. The maximum Gasteiger partial charge on any atom is 0.325 e. The average molecular weight is 563 g/mol. The zero-order valence-corrected chi connectivity index (χ0v) is 20.5. The lowest BCUT2D eigenvalue weighted by Gasteiger charge is -2.31. The molecule has 0 aromatic heterocycles. The maximum absolute atomic E-state index is 14.5. The van der Waals surface area contributed by atoms with Crippen LogP contribution in [-0.2, 0) is 9.59 Å². The second-order valence-electron chi connectivity index (χ2n) is 8.79. The van der Waals surface area contributed by atoms with Crippen molar-refractivity contribution in [2.24, 2.45) is 5.92 Å². The molecule has 1 aliphatic carbocycles. The first kappa shape index (κ1) is 23.7. The Morgan fingerprint density at radius 3 is 2.48 bits per heavy atom. The van der Waals surface area contributed by atoms with Gasteiger partial charge in [0.25, 0.3) is 5.91 Å². The third-order valence-electron chi connectivity index (χ3n) is 6.66. The van der Waals surface area contributed by atoms with Gasteiger partial charge in [0.1, 0.15) is 17.9 Å². The van der Waals surface area contributed by atoms with Gasteiger partial charge < -0.3 is 10.6 Å². The summed E-state index contributed by atoms with van der Waals surface area (Å²) in [6.07, 6.45) is 4.95. The lowest BCUT2D eigenvalue weighted by Crippen LogP contribution is -2.51. The molecule has 6 nitrogen and oxygen atoms in total. The van der Waals surface area contributed by atoms with Gasteiger partial charge in [0, 0.05) is 9.49 Å². The van der Waals surface area contributed by atoms with Gasteiger partial charge in [0.05, 0.1) is 5.69 Å². The molecule has 174 valence electrons. The summed E-state index contributed by atoms with van der Waals surface area (Å²) in [4.78, 5) is 41.0. The van der Waals surface area contributed by atoms with Crippen molar-refractivity contribution < 1.29 is 18.8 Å². The summed E-state index contributed by atoms with van der Waals surface area (Å²) < 4.78 is 15.2. The normalized spacial score (nSPS) is 20.9. The van der Waals surface area contributed by atoms with E-state index in [2.05, 4.69) is 10.6 Å². The van der Waals surface area contributed by atoms with Crippen LogP contribution in [0.3, 0.4) is 0 Å². The summed E-state index contributed by atoms with van der Waals surface area (Å²) in [7, 11) is 0. The first-order chi connectivity index (χ1) is 15.9. The Morgan fingerprint density at radius 1 is 1.12 bits per heavy atom. The molecule has 1 heterocycles. The number of carbonyl (C=O) groups is 3. The molecule has 0 bridgehead atoms. The average Bonchev–Trinajstić information content (AvgIpc) is 3.11. The van der Waals surface area contributed by atoms with Gasteiger partial charge in [0.15, 0.2) is 0 Å². The SMILES string of the molecule is C[C@@H](c1ccccc1)C(C(=O)Nc1ccc(I)cc1F)N1C(=O)N[C@H](C2CCCCC2)C1=O. The molecule has 3 atom stereocenters. The molecule has 2 aromatic rings. The summed E-state index contributed by atoms with van der Waals surface area (Å²) in [6.45, 7) is 1.80. The van der Waals surface area contributed by atoms with Crippen molar-refractivity contribution in [1.29, 1.82) is 0 Å². The Morgan fingerprint density at radius 2 is 1.82 bits per heavy atom. The standard InChI is InChI=1S/C25H27FIN3O3/c1-15(16-8-4-2-5-9-16)22(23(31)28-20-13-12-18(27)14-19(20)26)30-24(32)21(29-25(30)33)17-10-6-3-7-11-17/h2,4-5,8-9,12-15,17,21-22H,3,6-7,10-11H2,1H3,(H,28,31)(H,29,33)/t15-,21+,22?/m0/s1. The van der Waals surface area contributed by atoms with Crippen molar-refractivity contribution in [1.82, 2.24) is 10.2 Å². The number of anilines is 1. The molecule has 2 N–H and O–H groups in total. The van der Waals surface area contributed by atoms with Crippen molar-refractivity contribution in [3.63, 3.8) is 0 Å². The summed E-state index contributed by atoms with van der Waals surface area (Å²) in [5, 5.41) is 5.44. The van der Waals surface area contributed by atoms with E-state index < -0.39 is 35.8 Å². The lowest BCUT2D eigenvalue weighted by molar-refractivity contribution is -0.135. The number of hydrogen-bond donors (Lipinski definition) is 2. The number of nitrogens with zero attached hydrogens (tertiary/aromatic N) is 1. The minimum atomic E-state index is -1.12. The number of urea groups is 1. The van der Waals surface area contributed by atoms with Crippen LogP contribution in [-0.4, -0.2) is 34.8 Å². The van der Waals surface area contributed by atoms with Gasteiger partial charge >= 0.3 is 6.03 Å². The fraction of sp³-hybridized carbons (Fsp3) is 0.400. The molecule has 1 aliphatic heterocycles. The van der Waals surface area contributed by atoms with E-state index >= 15 is 0 Å². The van der Waals surface area contributed by atoms with Crippen LogP contribution in [0.4, 0.5) is 14.9 Å². The van der Waals surface area contributed by atoms with Crippen LogP contribution in [0.15, 0.2) is 48.5 Å². The smallest absolute Gasteiger partial charge is 0.325 e. The molecule has 2 aliphatic rings. The second kappa shape index (κ2) is 10.2. The molecule has 4 rings (SSSR count). The molecule has 0 spiro atoms. The van der Waals surface area contributed by atoms with Crippen LogP contribution in [0.1, 0.15) is 50.5 Å². The quantitative estimate of drug-likeness (QED) is 0.382. The van der Waals surface area contributed by atoms with E-state index in [0.717, 1.165) is 42.6 Å². The third-order valence-corrected chi connectivity index (χ3v) is 7.33. The molecule has 1 saturated heterocycles. The topological polar surface area (TPSA) is 78.5 Å². The van der Waals surface area contributed by atoms with Gasteiger partial charge in [-0.3, -0.25) is 9.59 Å². The summed E-state index contributed by atoms with van der Waals surface area (Å²) in [6, 6.07) is 11.4. The van der Waals surface area contributed by atoms with Crippen molar-refractivity contribution in [2.75, 3.05) is 5.32 Å². The molecule has 2 fully saturated rings. The number of amides is 4. The Bertz CT molecular complexity index is 1040. The highest BCUT2D eigenvalue weighted by molar-refractivity contribution is 14.1. The van der Waals surface area contributed by atoms with E-state index in [1.165, 1.54) is 12.1 Å². The minimum Gasteiger partial charge on any atom is -0.325 e. The lowest BCUT2D eigenvalue weighted by atomic mass is 9.83. The third kappa shape index (κ3) is 5.05. The van der Waals surface area contributed by atoms with Gasteiger partial charge in [-0.05, 0) is 65.1 Å². The van der Waals surface area contributed by atoms with Crippen molar-refractivity contribution >= 4 is 46.1 Å². The first-order valence-electron chi connectivity index (χ1n) is 11.3. The van der Waals surface area contributed by atoms with E-state index in [4.69, 9.17) is 0 Å². The Labute approximate surface area is 206 Å². The predicted molar refractivity (Wildman–Crippen MR) is 132 cm³/mol. The largest absolute Gasteiger partial charge is 0.325 e. The maximum atomic E-state index is 14.5. The van der Waals surface area contributed by atoms with Crippen molar-refractivity contribution in [3.05, 3.63) is 63.5 Å². The Hall–Kier alpha value is -2.49. The highest BCUT2D eigenvalue weighted by Gasteiger charge is 2.49. The second-order valence-corrected chi connectivity index (χ2v) is 10.0. The van der Waals surface area contributed by atoms with Crippen LogP contribution >= 0.6 is 22.6 Å². The van der Waals surface area contributed by atoms with Crippen molar-refractivity contribution in [2.45, 2.75) is 57.0 Å². The molecule has 4 amide bonds. The number of carbonyl (C=O) groups excluding carboxylic acids is 3. The zero-order chi connectivity index (χ0) is 23.5. The highest BCUT2D eigenvalue weighted by atomic mass is 127. The van der Waals surface area contributed by atoms with E-state index in [0.29, 0.717) is 3.57 Å².